The van der Waals surface area contributed by atoms with Crippen molar-refractivity contribution in [3.63, 3.8) is 0 Å². The maximum atomic E-state index is 13.7. The molecule has 0 spiro atoms. The van der Waals surface area contributed by atoms with E-state index in [0.717, 1.165) is 24.2 Å². The molecule has 0 saturated heterocycles. The number of aromatic carboxylic acids is 1. The summed E-state index contributed by atoms with van der Waals surface area (Å²) >= 11 is 0. The van der Waals surface area contributed by atoms with E-state index in [4.69, 9.17) is 9.84 Å². The number of hydrogen-bond acceptors (Lipinski definition) is 4. The van der Waals surface area contributed by atoms with Crippen LogP contribution in [0.5, 0.6) is 11.6 Å². The van der Waals surface area contributed by atoms with Crippen LogP contribution in [0, 0.1) is 5.82 Å². The van der Waals surface area contributed by atoms with Gasteiger partial charge in [0.15, 0.2) is 0 Å². The van der Waals surface area contributed by atoms with Crippen LogP contribution >= 0.6 is 0 Å². The van der Waals surface area contributed by atoms with E-state index in [-0.39, 0.29) is 23.6 Å². The average Bonchev–Trinajstić information content (AvgIpc) is 2.73. The van der Waals surface area contributed by atoms with Crippen LogP contribution in [-0.2, 0) is 13.0 Å². The SMILES string of the molecule is CCc1cccc(Oc2ncc(F)cc2C(=O)NCc2ccc(C(=O)O)cc2)c1. The monoisotopic (exact) mass is 394 g/mol. The maximum absolute atomic E-state index is 13.7. The molecule has 148 valence electrons. The number of carbonyl (C=O) groups is 2. The van der Waals surface area contributed by atoms with Gasteiger partial charge in [-0.05, 0) is 47.9 Å². The van der Waals surface area contributed by atoms with E-state index in [0.29, 0.717) is 11.3 Å². The molecule has 2 N–H and O–H groups in total. The smallest absolute Gasteiger partial charge is 0.335 e. The van der Waals surface area contributed by atoms with Gasteiger partial charge in [-0.25, -0.2) is 14.2 Å². The van der Waals surface area contributed by atoms with Gasteiger partial charge in [-0.15, -0.1) is 0 Å². The third kappa shape index (κ3) is 5.16. The molecule has 1 aromatic heterocycles. The van der Waals surface area contributed by atoms with E-state index in [9.17, 15) is 14.0 Å². The molecule has 0 fully saturated rings. The number of carbonyl (C=O) groups excluding carboxylic acids is 1. The summed E-state index contributed by atoms with van der Waals surface area (Å²) in [6.45, 7) is 2.15. The lowest BCUT2D eigenvalue weighted by Gasteiger charge is -2.11. The number of amides is 1. The summed E-state index contributed by atoms with van der Waals surface area (Å²) in [7, 11) is 0. The van der Waals surface area contributed by atoms with E-state index in [1.807, 2.05) is 25.1 Å². The second-order valence-corrected chi connectivity index (χ2v) is 6.29. The van der Waals surface area contributed by atoms with Gasteiger partial charge in [0, 0.05) is 6.54 Å². The summed E-state index contributed by atoms with van der Waals surface area (Å²) in [6.07, 6.45) is 1.81. The first kappa shape index (κ1) is 20.0. The molecule has 0 aliphatic rings. The maximum Gasteiger partial charge on any atom is 0.335 e. The molecule has 6 nitrogen and oxygen atoms in total. The number of benzene rings is 2. The highest BCUT2D eigenvalue weighted by molar-refractivity contribution is 5.96. The molecule has 0 atom stereocenters. The number of ether oxygens (including phenoxy) is 1. The molecule has 1 amide bonds. The lowest BCUT2D eigenvalue weighted by molar-refractivity contribution is 0.0696. The van der Waals surface area contributed by atoms with Crippen LogP contribution in [0.3, 0.4) is 0 Å². The van der Waals surface area contributed by atoms with Crippen molar-refractivity contribution in [1.82, 2.24) is 10.3 Å². The minimum Gasteiger partial charge on any atom is -0.478 e. The Labute approximate surface area is 167 Å². The first-order valence-electron chi connectivity index (χ1n) is 8.99. The summed E-state index contributed by atoms with van der Waals surface area (Å²) in [5.74, 6) is -1.74. The van der Waals surface area contributed by atoms with Crippen molar-refractivity contribution in [2.24, 2.45) is 0 Å². The van der Waals surface area contributed by atoms with Crippen molar-refractivity contribution in [3.05, 3.63) is 88.9 Å². The number of rotatable bonds is 7. The van der Waals surface area contributed by atoms with Crippen molar-refractivity contribution in [1.29, 1.82) is 0 Å². The first-order chi connectivity index (χ1) is 14.0. The van der Waals surface area contributed by atoms with Crippen LogP contribution in [0.2, 0.25) is 0 Å². The predicted molar refractivity (Wildman–Crippen MR) is 105 cm³/mol. The molecule has 0 aliphatic carbocycles. The van der Waals surface area contributed by atoms with Gasteiger partial charge >= 0.3 is 5.97 Å². The number of nitrogens with one attached hydrogen (secondary N) is 1. The minimum absolute atomic E-state index is 0.00150. The quantitative estimate of drug-likeness (QED) is 0.627. The molecule has 0 saturated carbocycles. The van der Waals surface area contributed by atoms with E-state index < -0.39 is 17.7 Å². The number of hydrogen-bond donors (Lipinski definition) is 2. The number of carboxylic acid groups (broad SMARTS) is 1. The number of carboxylic acids is 1. The summed E-state index contributed by atoms with van der Waals surface area (Å²) in [5.41, 5.74) is 1.87. The fourth-order valence-corrected chi connectivity index (χ4v) is 2.65. The van der Waals surface area contributed by atoms with Crippen LogP contribution < -0.4 is 10.1 Å². The zero-order valence-electron chi connectivity index (χ0n) is 15.7. The Bertz CT molecular complexity index is 1040. The Morgan fingerprint density at radius 2 is 1.86 bits per heavy atom. The summed E-state index contributed by atoms with van der Waals surface area (Å²) in [5, 5.41) is 11.6. The predicted octanol–water partition coefficient (Wildman–Crippen LogP) is 4.20. The Morgan fingerprint density at radius 3 is 2.55 bits per heavy atom. The van der Waals surface area contributed by atoms with Crippen molar-refractivity contribution < 1.29 is 23.8 Å². The average molecular weight is 394 g/mol. The highest BCUT2D eigenvalue weighted by Gasteiger charge is 2.16. The van der Waals surface area contributed by atoms with Gasteiger partial charge in [0.25, 0.3) is 5.91 Å². The van der Waals surface area contributed by atoms with E-state index in [1.165, 1.54) is 12.1 Å². The normalized spacial score (nSPS) is 10.4. The van der Waals surface area contributed by atoms with Crippen LogP contribution in [0.4, 0.5) is 4.39 Å². The van der Waals surface area contributed by atoms with Crippen LogP contribution in [-0.4, -0.2) is 22.0 Å². The Hall–Kier alpha value is -3.74. The fourth-order valence-electron chi connectivity index (χ4n) is 2.65. The second kappa shape index (κ2) is 8.97. The van der Waals surface area contributed by atoms with Crippen LogP contribution in [0.25, 0.3) is 0 Å². The molecule has 0 unspecified atom stereocenters. The van der Waals surface area contributed by atoms with Gasteiger partial charge in [0.2, 0.25) is 5.88 Å². The van der Waals surface area contributed by atoms with Crippen molar-refractivity contribution in [2.45, 2.75) is 19.9 Å². The Kier molecular flexibility index (Phi) is 6.19. The Morgan fingerprint density at radius 1 is 1.10 bits per heavy atom. The molecular weight excluding hydrogens is 375 g/mol. The molecule has 0 bridgehead atoms. The van der Waals surface area contributed by atoms with Crippen molar-refractivity contribution >= 4 is 11.9 Å². The number of nitrogens with zero attached hydrogens (tertiary/aromatic N) is 1. The van der Waals surface area contributed by atoms with Crippen molar-refractivity contribution in [3.8, 4) is 11.6 Å². The number of halogens is 1. The zero-order chi connectivity index (χ0) is 20.8. The highest BCUT2D eigenvalue weighted by atomic mass is 19.1. The molecular formula is C22H19FN2O4. The summed E-state index contributed by atoms with van der Waals surface area (Å²) < 4.78 is 19.4. The number of pyridine rings is 1. The van der Waals surface area contributed by atoms with Crippen LogP contribution in [0.15, 0.2) is 60.8 Å². The highest BCUT2D eigenvalue weighted by Crippen LogP contribution is 2.25. The third-order valence-corrected chi connectivity index (χ3v) is 4.24. The summed E-state index contributed by atoms with van der Waals surface area (Å²) in [4.78, 5) is 27.4. The van der Waals surface area contributed by atoms with Gasteiger partial charge in [0.05, 0.1) is 11.8 Å². The molecule has 0 aliphatic heterocycles. The molecule has 3 aromatic rings. The zero-order valence-corrected chi connectivity index (χ0v) is 15.7. The molecule has 29 heavy (non-hydrogen) atoms. The topological polar surface area (TPSA) is 88.5 Å². The van der Waals surface area contributed by atoms with Gasteiger partial charge in [-0.3, -0.25) is 4.79 Å². The van der Waals surface area contributed by atoms with E-state index >= 15 is 0 Å². The lowest BCUT2D eigenvalue weighted by Crippen LogP contribution is -2.23. The minimum atomic E-state index is -1.03. The third-order valence-electron chi connectivity index (χ3n) is 4.24. The first-order valence-corrected chi connectivity index (χ1v) is 8.99. The van der Waals surface area contributed by atoms with E-state index in [1.54, 1.807) is 18.2 Å². The molecule has 1 heterocycles. The summed E-state index contributed by atoms with van der Waals surface area (Å²) in [6, 6.07) is 14.5. The number of aromatic nitrogens is 1. The van der Waals surface area contributed by atoms with E-state index in [2.05, 4.69) is 10.3 Å². The standard InChI is InChI=1S/C22H19FN2O4/c1-2-14-4-3-5-18(10-14)29-21-19(11-17(23)13-25-21)20(26)24-12-15-6-8-16(9-7-15)22(27)28/h3-11,13H,2,12H2,1H3,(H,24,26)(H,27,28). The van der Waals surface area contributed by atoms with Crippen LogP contribution in [0.1, 0.15) is 38.8 Å². The van der Waals surface area contributed by atoms with Crippen molar-refractivity contribution in [2.75, 3.05) is 0 Å². The number of aryl methyl sites for hydroxylation is 1. The lowest BCUT2D eigenvalue weighted by atomic mass is 10.1. The molecule has 2 aromatic carbocycles. The largest absolute Gasteiger partial charge is 0.478 e. The van der Waals surface area contributed by atoms with Gasteiger partial charge < -0.3 is 15.2 Å². The van der Waals surface area contributed by atoms with Gasteiger partial charge in [0.1, 0.15) is 17.1 Å². The van der Waals surface area contributed by atoms with Gasteiger partial charge in [-0.1, -0.05) is 31.2 Å². The van der Waals surface area contributed by atoms with Gasteiger partial charge in [-0.2, -0.15) is 0 Å². The second-order valence-electron chi connectivity index (χ2n) is 6.29. The molecule has 3 rings (SSSR count). The molecule has 0 radical (unpaired) electrons. The fraction of sp³-hybridized carbons (Fsp3) is 0.136. The molecule has 7 heteroatoms. The Balaban J connectivity index is 1.75.